The third-order valence-electron chi connectivity index (χ3n) is 8.47. The van der Waals surface area contributed by atoms with Crippen molar-refractivity contribution in [3.63, 3.8) is 0 Å². The normalized spacial score (nSPS) is 30.0. The number of ether oxygens (including phenoxy) is 4. The van der Waals surface area contributed by atoms with Gasteiger partial charge in [0.25, 0.3) is 0 Å². The van der Waals surface area contributed by atoms with Crippen LogP contribution in [0.2, 0.25) is 0 Å². The van der Waals surface area contributed by atoms with Gasteiger partial charge in [-0.3, -0.25) is 9.59 Å². The van der Waals surface area contributed by atoms with Gasteiger partial charge in [-0.25, -0.2) is 4.79 Å². The standard InChI is InChI=1S/C34H38O16/c1-14-9-20(48-34-30(45)28(43)26(41)22(13-36)49-34)25(31-24(14)19(39)11-18(46-31)10-15(2)37)32-33(29(44)27(42)21(12-35)47-32)50-23(40)8-5-16-3-6-17(38)7-4-16/h3-9,11,21-22,26-30,32-36,38,41-45H,10,12-13H2,1-2H3. The van der Waals surface area contributed by atoms with Crippen molar-refractivity contribution < 1.29 is 73.8 Å². The van der Waals surface area contributed by atoms with E-state index in [9.17, 15) is 55.2 Å². The molecule has 1 aromatic heterocycles. The molecule has 16 nitrogen and oxygen atoms in total. The highest BCUT2D eigenvalue weighted by atomic mass is 16.7. The molecule has 50 heavy (non-hydrogen) atoms. The largest absolute Gasteiger partial charge is 0.508 e. The van der Waals surface area contributed by atoms with E-state index in [1.807, 2.05) is 0 Å². The van der Waals surface area contributed by atoms with Crippen LogP contribution in [0.3, 0.4) is 0 Å². The van der Waals surface area contributed by atoms with Crippen LogP contribution in [0.15, 0.2) is 51.7 Å². The quantitative estimate of drug-likeness (QED) is 0.0920. The van der Waals surface area contributed by atoms with Gasteiger partial charge in [-0.05, 0) is 49.2 Å². The number of hydrogen-bond donors (Lipinski definition) is 8. The molecule has 2 fully saturated rings. The molecule has 3 aromatic rings. The highest BCUT2D eigenvalue weighted by Crippen LogP contribution is 2.44. The van der Waals surface area contributed by atoms with Crippen LogP contribution in [0, 0.1) is 6.92 Å². The highest BCUT2D eigenvalue weighted by Gasteiger charge is 2.50. The van der Waals surface area contributed by atoms with Crippen molar-refractivity contribution in [3.8, 4) is 11.5 Å². The summed E-state index contributed by atoms with van der Waals surface area (Å²) in [7, 11) is 0. The van der Waals surface area contributed by atoms with Crippen molar-refractivity contribution >= 4 is 28.8 Å². The summed E-state index contributed by atoms with van der Waals surface area (Å²) < 4.78 is 29.2. The van der Waals surface area contributed by atoms with Gasteiger partial charge in [0.15, 0.2) is 11.5 Å². The summed E-state index contributed by atoms with van der Waals surface area (Å²) in [6.45, 7) is 1.17. The molecule has 10 atom stereocenters. The van der Waals surface area contributed by atoms with Crippen molar-refractivity contribution in [2.24, 2.45) is 0 Å². The molecule has 0 bridgehead atoms. The number of esters is 1. The first-order chi connectivity index (χ1) is 23.7. The van der Waals surface area contributed by atoms with Gasteiger partial charge in [0.2, 0.25) is 6.29 Å². The number of aliphatic hydroxyl groups is 7. The zero-order valence-corrected chi connectivity index (χ0v) is 26.9. The number of Topliss-reactive ketones (excluding diaryl/α,β-unsaturated/α-hetero) is 1. The van der Waals surface area contributed by atoms with Gasteiger partial charge in [0, 0.05) is 12.1 Å². The number of rotatable bonds is 10. The predicted molar refractivity (Wildman–Crippen MR) is 170 cm³/mol. The first kappa shape index (κ1) is 37.0. The maximum Gasteiger partial charge on any atom is 0.331 e. The summed E-state index contributed by atoms with van der Waals surface area (Å²) in [4.78, 5) is 38.6. The number of ketones is 1. The molecule has 0 amide bonds. The van der Waals surface area contributed by atoms with Crippen LogP contribution < -0.4 is 10.2 Å². The van der Waals surface area contributed by atoms with Gasteiger partial charge >= 0.3 is 5.97 Å². The minimum Gasteiger partial charge on any atom is -0.508 e. The fourth-order valence-corrected chi connectivity index (χ4v) is 5.93. The lowest BCUT2D eigenvalue weighted by Gasteiger charge is -2.43. The Labute approximate surface area is 284 Å². The minimum atomic E-state index is -1.92. The molecule has 0 spiro atoms. The Hall–Kier alpha value is -4.23. The second kappa shape index (κ2) is 15.3. The van der Waals surface area contributed by atoms with E-state index in [0.717, 1.165) is 12.1 Å². The third kappa shape index (κ3) is 7.58. The van der Waals surface area contributed by atoms with Crippen LogP contribution in [0.5, 0.6) is 11.5 Å². The summed E-state index contributed by atoms with van der Waals surface area (Å²) in [6.07, 6.45) is -15.2. The van der Waals surface area contributed by atoms with E-state index in [1.165, 1.54) is 50.3 Å². The number of aliphatic hydroxyl groups excluding tert-OH is 7. The van der Waals surface area contributed by atoms with Gasteiger partial charge < -0.3 is 64.2 Å². The van der Waals surface area contributed by atoms with Crippen molar-refractivity contribution in [2.75, 3.05) is 13.2 Å². The van der Waals surface area contributed by atoms with Gasteiger partial charge in [0.1, 0.15) is 77.5 Å². The molecule has 10 unspecified atom stereocenters. The topological polar surface area (TPSA) is 263 Å². The van der Waals surface area contributed by atoms with E-state index >= 15 is 0 Å². The summed E-state index contributed by atoms with van der Waals surface area (Å²) in [5.41, 5.74) is -0.362. The zero-order chi connectivity index (χ0) is 36.4. The Morgan fingerprint density at radius 1 is 0.880 bits per heavy atom. The molecule has 0 radical (unpaired) electrons. The third-order valence-corrected chi connectivity index (χ3v) is 8.47. The Balaban J connectivity index is 1.67. The minimum absolute atomic E-state index is 0.00681. The molecule has 2 aliphatic rings. The second-order valence-electron chi connectivity index (χ2n) is 12.2. The molecule has 16 heteroatoms. The molecule has 270 valence electrons. The number of phenols is 1. The predicted octanol–water partition coefficient (Wildman–Crippen LogP) is -1.10. The molecular formula is C34H38O16. The Morgan fingerprint density at radius 2 is 1.52 bits per heavy atom. The van der Waals surface area contributed by atoms with Crippen LogP contribution in [-0.4, -0.2) is 121 Å². The number of fused-ring (bicyclic) bond motifs is 1. The first-order valence-corrected chi connectivity index (χ1v) is 15.6. The SMILES string of the molecule is CC(=O)Cc1cc(=O)c2c(C)cc(OC3OC(CO)C(O)C(O)C3O)c(C3OC(CO)C(O)C(O)C3OC(=O)C=Cc3ccc(O)cc3)c2o1. The van der Waals surface area contributed by atoms with Crippen molar-refractivity contribution in [2.45, 2.75) is 81.5 Å². The highest BCUT2D eigenvalue weighted by molar-refractivity contribution is 5.88. The molecule has 0 aliphatic carbocycles. The van der Waals surface area contributed by atoms with Crippen molar-refractivity contribution in [1.29, 1.82) is 0 Å². The number of aryl methyl sites for hydroxylation is 1. The molecule has 5 rings (SSSR count). The van der Waals surface area contributed by atoms with E-state index in [4.69, 9.17) is 23.4 Å². The fourth-order valence-electron chi connectivity index (χ4n) is 5.93. The number of carbonyl (C=O) groups is 2. The molecule has 0 saturated carbocycles. The summed E-state index contributed by atoms with van der Waals surface area (Å²) in [5, 5.41) is 82.8. The fraction of sp³-hybridized carbons (Fsp3) is 0.441. The van der Waals surface area contributed by atoms with Crippen LogP contribution in [0.1, 0.15) is 35.5 Å². The lowest BCUT2D eigenvalue weighted by molar-refractivity contribution is -0.278. The van der Waals surface area contributed by atoms with E-state index in [2.05, 4.69) is 0 Å². The number of phenolic OH excluding ortho intramolecular Hbond substituents is 1. The van der Waals surface area contributed by atoms with Gasteiger partial charge in [-0.2, -0.15) is 0 Å². The van der Waals surface area contributed by atoms with Crippen LogP contribution in [0.25, 0.3) is 17.0 Å². The van der Waals surface area contributed by atoms with Crippen LogP contribution in [-0.2, 0) is 30.2 Å². The molecule has 3 heterocycles. The summed E-state index contributed by atoms with van der Waals surface area (Å²) in [6, 6.07) is 8.22. The summed E-state index contributed by atoms with van der Waals surface area (Å²) >= 11 is 0. The number of hydrogen-bond acceptors (Lipinski definition) is 16. The average molecular weight is 703 g/mol. The molecule has 2 aliphatic heterocycles. The maximum atomic E-state index is 13.4. The van der Waals surface area contributed by atoms with E-state index in [-0.39, 0.29) is 51.6 Å². The van der Waals surface area contributed by atoms with Crippen molar-refractivity contribution in [3.05, 3.63) is 75.1 Å². The molecular weight excluding hydrogens is 664 g/mol. The number of benzene rings is 2. The smallest absolute Gasteiger partial charge is 0.331 e. The van der Waals surface area contributed by atoms with E-state index in [1.54, 1.807) is 0 Å². The summed E-state index contributed by atoms with van der Waals surface area (Å²) in [5.74, 6) is -1.77. The monoisotopic (exact) mass is 702 g/mol. The Kier molecular flexibility index (Phi) is 11.4. The lowest BCUT2D eigenvalue weighted by atomic mass is 9.88. The second-order valence-corrected chi connectivity index (χ2v) is 12.2. The van der Waals surface area contributed by atoms with Crippen LogP contribution in [0.4, 0.5) is 0 Å². The van der Waals surface area contributed by atoms with E-state index in [0.29, 0.717) is 5.56 Å². The molecule has 2 saturated heterocycles. The van der Waals surface area contributed by atoms with Gasteiger partial charge in [-0.15, -0.1) is 0 Å². The lowest BCUT2D eigenvalue weighted by Crippen LogP contribution is -2.60. The van der Waals surface area contributed by atoms with E-state index < -0.39 is 85.8 Å². The average Bonchev–Trinajstić information content (AvgIpc) is 3.07. The van der Waals surface area contributed by atoms with Crippen molar-refractivity contribution in [1.82, 2.24) is 0 Å². The maximum absolute atomic E-state index is 13.4. The Morgan fingerprint density at radius 3 is 2.16 bits per heavy atom. The van der Waals surface area contributed by atoms with Crippen LogP contribution >= 0.6 is 0 Å². The van der Waals surface area contributed by atoms with Gasteiger partial charge in [0.05, 0.1) is 30.6 Å². The molecule has 8 N–H and O–H groups in total. The zero-order valence-electron chi connectivity index (χ0n) is 26.9. The first-order valence-electron chi connectivity index (χ1n) is 15.6. The number of aromatic hydroxyl groups is 1. The number of carbonyl (C=O) groups excluding carboxylic acids is 2. The Bertz CT molecular complexity index is 1780. The molecule has 2 aromatic carbocycles. The van der Waals surface area contributed by atoms with Gasteiger partial charge in [-0.1, -0.05) is 12.1 Å².